The zero-order valence-electron chi connectivity index (χ0n) is 11.6. The molecule has 0 aromatic carbocycles. The molecule has 1 aliphatic heterocycles. The Labute approximate surface area is 124 Å². The molecule has 0 saturated carbocycles. The van der Waals surface area contributed by atoms with Crippen LogP contribution < -0.4 is 4.90 Å². The average Bonchev–Trinajstić information content (AvgIpc) is 3.11. The van der Waals surface area contributed by atoms with Gasteiger partial charge in [-0.05, 0) is 19.3 Å². The molecule has 1 aliphatic carbocycles. The Bertz CT molecular complexity index is 723. The standard InChI is InChI=1S/C13H13F3N6/c14-13(15,16)12-20-19-10-6-21(4-5-22(10)12)11-8-2-1-3-9(8)17-7-18-11/h7H,1-6H2. The van der Waals surface area contributed by atoms with E-state index in [1.807, 2.05) is 4.90 Å². The molecule has 22 heavy (non-hydrogen) atoms. The monoisotopic (exact) mass is 310 g/mol. The minimum atomic E-state index is -4.47. The molecule has 9 heteroatoms. The minimum Gasteiger partial charge on any atom is -0.347 e. The van der Waals surface area contributed by atoms with Crippen LogP contribution in [0.4, 0.5) is 19.0 Å². The summed E-state index contributed by atoms with van der Waals surface area (Å²) in [6.45, 7) is 0.945. The van der Waals surface area contributed by atoms with Crippen LogP contribution in [0.15, 0.2) is 6.33 Å². The number of nitrogens with zero attached hydrogens (tertiary/aromatic N) is 6. The summed E-state index contributed by atoms with van der Waals surface area (Å²) in [5.41, 5.74) is 2.17. The maximum absolute atomic E-state index is 12.9. The smallest absolute Gasteiger partial charge is 0.347 e. The molecule has 6 nitrogen and oxygen atoms in total. The maximum atomic E-state index is 12.9. The lowest BCUT2D eigenvalue weighted by molar-refractivity contribution is -0.147. The molecule has 0 spiro atoms. The second kappa shape index (κ2) is 4.65. The summed E-state index contributed by atoms with van der Waals surface area (Å²) in [4.78, 5) is 10.6. The van der Waals surface area contributed by atoms with Crippen molar-refractivity contribution < 1.29 is 13.2 Å². The van der Waals surface area contributed by atoms with Gasteiger partial charge in [0.25, 0.3) is 0 Å². The first kappa shape index (κ1) is 13.5. The molecule has 0 unspecified atom stereocenters. The van der Waals surface area contributed by atoms with E-state index in [2.05, 4.69) is 20.2 Å². The zero-order chi connectivity index (χ0) is 15.3. The number of rotatable bonds is 1. The van der Waals surface area contributed by atoms with Gasteiger partial charge in [0, 0.05) is 24.3 Å². The predicted molar refractivity (Wildman–Crippen MR) is 70.1 cm³/mol. The molecule has 0 atom stereocenters. The van der Waals surface area contributed by atoms with Crippen molar-refractivity contribution in [1.29, 1.82) is 0 Å². The van der Waals surface area contributed by atoms with Gasteiger partial charge in [-0.2, -0.15) is 13.2 Å². The van der Waals surface area contributed by atoms with Gasteiger partial charge in [0.15, 0.2) is 5.82 Å². The number of aromatic nitrogens is 5. The van der Waals surface area contributed by atoms with Gasteiger partial charge in [-0.1, -0.05) is 0 Å². The molecule has 0 radical (unpaired) electrons. The van der Waals surface area contributed by atoms with Crippen molar-refractivity contribution in [2.24, 2.45) is 0 Å². The normalized spacial score (nSPS) is 17.5. The van der Waals surface area contributed by atoms with Crippen LogP contribution in [0.25, 0.3) is 0 Å². The number of alkyl halides is 3. The van der Waals surface area contributed by atoms with Gasteiger partial charge in [0.05, 0.1) is 6.54 Å². The third-order valence-corrected chi connectivity index (χ3v) is 4.16. The van der Waals surface area contributed by atoms with Gasteiger partial charge in [0.1, 0.15) is 12.1 Å². The molecule has 2 aromatic heterocycles. The zero-order valence-corrected chi connectivity index (χ0v) is 11.6. The first-order chi connectivity index (χ1) is 10.5. The van der Waals surface area contributed by atoms with Crippen molar-refractivity contribution in [1.82, 2.24) is 24.7 Å². The fourth-order valence-electron chi connectivity index (χ4n) is 3.16. The van der Waals surface area contributed by atoms with Gasteiger partial charge in [-0.3, -0.25) is 0 Å². The molecule has 2 aromatic rings. The third-order valence-electron chi connectivity index (χ3n) is 4.16. The fourth-order valence-corrected chi connectivity index (χ4v) is 3.16. The third kappa shape index (κ3) is 2.03. The SMILES string of the molecule is FC(F)(F)c1nnc2n1CCN(c1ncnc3c1CCC3)C2. The maximum Gasteiger partial charge on any atom is 0.451 e. The minimum absolute atomic E-state index is 0.204. The van der Waals surface area contributed by atoms with E-state index < -0.39 is 12.0 Å². The summed E-state index contributed by atoms with van der Waals surface area (Å²) in [6.07, 6.45) is -0.0393. The van der Waals surface area contributed by atoms with Crippen LogP contribution in [0.2, 0.25) is 0 Å². The Kier molecular flexibility index (Phi) is 2.85. The highest BCUT2D eigenvalue weighted by atomic mass is 19.4. The highest BCUT2D eigenvalue weighted by Gasteiger charge is 2.39. The van der Waals surface area contributed by atoms with Gasteiger partial charge in [-0.25, -0.2) is 9.97 Å². The van der Waals surface area contributed by atoms with Gasteiger partial charge in [-0.15, -0.1) is 10.2 Å². The fraction of sp³-hybridized carbons (Fsp3) is 0.538. The van der Waals surface area contributed by atoms with E-state index in [9.17, 15) is 13.2 Å². The number of hydrogen-bond donors (Lipinski definition) is 0. The molecule has 0 N–H and O–H groups in total. The highest BCUT2D eigenvalue weighted by molar-refractivity contribution is 5.50. The van der Waals surface area contributed by atoms with E-state index in [-0.39, 0.29) is 13.1 Å². The van der Waals surface area contributed by atoms with E-state index in [1.54, 1.807) is 0 Å². The molecule has 3 heterocycles. The molecule has 0 saturated heterocycles. The van der Waals surface area contributed by atoms with E-state index in [0.717, 1.165) is 40.9 Å². The molecular weight excluding hydrogens is 297 g/mol. The summed E-state index contributed by atoms with van der Waals surface area (Å²) in [5, 5.41) is 7.00. The number of fused-ring (bicyclic) bond motifs is 2. The quantitative estimate of drug-likeness (QED) is 0.800. The lowest BCUT2D eigenvalue weighted by Gasteiger charge is -2.30. The molecule has 0 fully saturated rings. The number of aryl methyl sites for hydroxylation is 1. The number of halogens is 3. The molecule has 116 valence electrons. The van der Waals surface area contributed by atoms with E-state index in [4.69, 9.17) is 0 Å². The summed E-state index contributed by atoms with van der Waals surface area (Å²) in [5.74, 6) is 0.226. The summed E-state index contributed by atoms with van der Waals surface area (Å²) in [6, 6.07) is 0. The van der Waals surface area contributed by atoms with Gasteiger partial charge < -0.3 is 9.47 Å². The summed E-state index contributed by atoms with van der Waals surface area (Å²) in [7, 11) is 0. The molecule has 0 bridgehead atoms. The van der Waals surface area contributed by atoms with Crippen molar-refractivity contribution in [2.75, 3.05) is 11.4 Å². The second-order valence-electron chi connectivity index (χ2n) is 5.49. The highest BCUT2D eigenvalue weighted by Crippen LogP contribution is 2.32. The number of anilines is 1. The van der Waals surface area contributed by atoms with Crippen molar-refractivity contribution in [2.45, 2.75) is 38.5 Å². The number of hydrogen-bond acceptors (Lipinski definition) is 5. The lowest BCUT2D eigenvalue weighted by Crippen LogP contribution is -2.36. The van der Waals surface area contributed by atoms with Crippen molar-refractivity contribution in [3.8, 4) is 0 Å². The van der Waals surface area contributed by atoms with E-state index in [0.29, 0.717) is 12.4 Å². The van der Waals surface area contributed by atoms with Crippen LogP contribution >= 0.6 is 0 Å². The molecule has 2 aliphatic rings. The largest absolute Gasteiger partial charge is 0.451 e. The van der Waals surface area contributed by atoms with Crippen molar-refractivity contribution >= 4 is 5.82 Å². The van der Waals surface area contributed by atoms with E-state index in [1.165, 1.54) is 6.33 Å². The van der Waals surface area contributed by atoms with Gasteiger partial charge >= 0.3 is 6.18 Å². The Hall–Kier alpha value is -2.19. The van der Waals surface area contributed by atoms with Crippen LogP contribution in [0.5, 0.6) is 0 Å². The molecular formula is C13H13F3N6. The van der Waals surface area contributed by atoms with Crippen LogP contribution in [-0.4, -0.2) is 31.3 Å². The first-order valence-corrected chi connectivity index (χ1v) is 7.11. The van der Waals surface area contributed by atoms with Crippen LogP contribution in [0, 0.1) is 0 Å². The Morgan fingerprint density at radius 2 is 1.91 bits per heavy atom. The van der Waals surface area contributed by atoms with Crippen molar-refractivity contribution in [3.63, 3.8) is 0 Å². The summed E-state index contributed by atoms with van der Waals surface area (Å²) >= 11 is 0. The first-order valence-electron chi connectivity index (χ1n) is 7.11. The lowest BCUT2D eigenvalue weighted by atomic mass is 10.2. The molecule has 0 amide bonds. The summed E-state index contributed by atoms with van der Waals surface area (Å²) < 4.78 is 39.7. The van der Waals surface area contributed by atoms with Crippen molar-refractivity contribution in [3.05, 3.63) is 29.2 Å². The predicted octanol–water partition coefficient (Wildman–Crippen LogP) is 1.60. The Balaban J connectivity index is 1.66. The Morgan fingerprint density at radius 1 is 1.05 bits per heavy atom. The topological polar surface area (TPSA) is 59.7 Å². The second-order valence-corrected chi connectivity index (χ2v) is 5.49. The van der Waals surface area contributed by atoms with Gasteiger partial charge in [0.2, 0.25) is 5.82 Å². The van der Waals surface area contributed by atoms with Crippen LogP contribution in [0.3, 0.4) is 0 Å². The van der Waals surface area contributed by atoms with E-state index >= 15 is 0 Å². The Morgan fingerprint density at radius 3 is 2.73 bits per heavy atom. The van der Waals surface area contributed by atoms with Crippen LogP contribution in [-0.2, 0) is 32.1 Å². The molecule has 4 rings (SSSR count). The average molecular weight is 310 g/mol. The van der Waals surface area contributed by atoms with Crippen LogP contribution in [0.1, 0.15) is 29.3 Å².